The second-order valence-corrected chi connectivity index (χ2v) is 2.80. The smallest absolute Gasteiger partial charge is 0.123 e. The summed E-state index contributed by atoms with van der Waals surface area (Å²) in [5.41, 5.74) is 2.47. The molecule has 1 heterocycles. The van der Waals surface area contributed by atoms with Crippen molar-refractivity contribution in [1.29, 1.82) is 0 Å². The van der Waals surface area contributed by atoms with E-state index in [0.717, 1.165) is 0 Å². The lowest BCUT2D eigenvalue weighted by Gasteiger charge is -1.91. The van der Waals surface area contributed by atoms with Crippen LogP contribution in [0.25, 0.3) is 6.08 Å². The van der Waals surface area contributed by atoms with Gasteiger partial charge in [-0.05, 0) is 18.6 Å². The number of nitrogens with zero attached hydrogens (tertiary/aromatic N) is 1. The maximum atomic E-state index is 4.33. The molecule has 0 amide bonds. The molecule has 2 heteroatoms. The van der Waals surface area contributed by atoms with Gasteiger partial charge in [0.2, 0.25) is 0 Å². The normalized spacial score (nSPS) is 8.64. The van der Waals surface area contributed by atoms with E-state index >= 15 is 0 Å². The maximum absolute atomic E-state index is 4.33. The summed E-state index contributed by atoms with van der Waals surface area (Å²) in [6.45, 7) is 5.74. The maximum Gasteiger partial charge on any atom is 0.123 e. The highest BCUT2D eigenvalue weighted by atomic mass is 16.5. The molecule has 2 aromatic rings. The molecule has 1 aromatic carbocycles. The largest absolute Gasteiger partial charge is 0.365 e. The standard InChI is InChI=1S/C9H10.C3H3NO/c1-3-9-6-4-8(2)5-7-9;1-2-4-5-3-1/h3-7H,1H2,2H3;1-3H. The van der Waals surface area contributed by atoms with Crippen LogP contribution >= 0.6 is 0 Å². The van der Waals surface area contributed by atoms with Gasteiger partial charge in [0.15, 0.2) is 0 Å². The summed E-state index contributed by atoms with van der Waals surface area (Å²) in [7, 11) is 0. The molecule has 0 aliphatic carbocycles. The van der Waals surface area contributed by atoms with Crippen molar-refractivity contribution in [1.82, 2.24) is 5.16 Å². The van der Waals surface area contributed by atoms with E-state index < -0.39 is 0 Å². The number of aromatic nitrogens is 1. The van der Waals surface area contributed by atoms with Crippen LogP contribution in [0.1, 0.15) is 11.1 Å². The molecule has 0 aliphatic rings. The summed E-state index contributed by atoms with van der Waals surface area (Å²) in [6.07, 6.45) is 4.94. The Bertz CT molecular complexity index is 331. The SMILES string of the molecule is C=Cc1ccc(C)cc1.c1cnoc1. The molecule has 1 aromatic heterocycles. The Morgan fingerprint density at radius 1 is 1.29 bits per heavy atom. The lowest BCUT2D eigenvalue weighted by Crippen LogP contribution is -1.71. The Morgan fingerprint density at radius 3 is 2.36 bits per heavy atom. The number of aryl methyl sites for hydroxylation is 1. The van der Waals surface area contributed by atoms with Gasteiger partial charge >= 0.3 is 0 Å². The minimum atomic E-state index is 1.18. The van der Waals surface area contributed by atoms with E-state index in [1.807, 2.05) is 6.08 Å². The number of hydrogen-bond donors (Lipinski definition) is 0. The van der Waals surface area contributed by atoms with Crippen molar-refractivity contribution < 1.29 is 4.52 Å². The van der Waals surface area contributed by atoms with Crippen molar-refractivity contribution >= 4 is 6.08 Å². The molecule has 0 N–H and O–H groups in total. The first-order chi connectivity index (χ1) is 6.83. The zero-order valence-corrected chi connectivity index (χ0v) is 8.18. The van der Waals surface area contributed by atoms with Crippen LogP contribution in [0.15, 0.2) is 53.9 Å². The average molecular weight is 187 g/mol. The summed E-state index contributed by atoms with van der Waals surface area (Å²) in [5, 5.41) is 3.35. The summed E-state index contributed by atoms with van der Waals surface area (Å²) in [5.74, 6) is 0. The first-order valence-electron chi connectivity index (χ1n) is 4.36. The molecule has 0 saturated heterocycles. The van der Waals surface area contributed by atoms with Gasteiger partial charge in [-0.2, -0.15) is 0 Å². The Hall–Kier alpha value is -1.83. The lowest BCUT2D eigenvalue weighted by molar-refractivity contribution is 0.420. The fourth-order valence-corrected chi connectivity index (χ4v) is 0.878. The topological polar surface area (TPSA) is 26.0 Å². The van der Waals surface area contributed by atoms with E-state index in [4.69, 9.17) is 0 Å². The predicted octanol–water partition coefficient (Wildman–Crippen LogP) is 3.31. The molecule has 0 atom stereocenters. The van der Waals surface area contributed by atoms with Crippen molar-refractivity contribution in [3.05, 3.63) is 60.5 Å². The van der Waals surface area contributed by atoms with E-state index in [1.54, 1.807) is 12.3 Å². The zero-order chi connectivity index (χ0) is 10.2. The van der Waals surface area contributed by atoms with Gasteiger partial charge in [-0.15, -0.1) is 0 Å². The summed E-state index contributed by atoms with van der Waals surface area (Å²) in [6, 6.07) is 10.00. The Labute approximate surface area is 83.9 Å². The van der Waals surface area contributed by atoms with Crippen LogP contribution in [0.5, 0.6) is 0 Å². The molecule has 0 bridgehead atoms. The van der Waals surface area contributed by atoms with Gasteiger partial charge in [0.05, 0.1) is 6.20 Å². The van der Waals surface area contributed by atoms with Gasteiger partial charge < -0.3 is 4.52 Å². The molecule has 72 valence electrons. The molecule has 0 radical (unpaired) electrons. The summed E-state index contributed by atoms with van der Waals surface area (Å²) in [4.78, 5) is 0. The quantitative estimate of drug-likeness (QED) is 0.684. The second-order valence-electron chi connectivity index (χ2n) is 2.80. The van der Waals surface area contributed by atoms with Crippen molar-refractivity contribution in [2.45, 2.75) is 6.92 Å². The molecule has 0 saturated carbocycles. The molecular formula is C12H13NO. The zero-order valence-electron chi connectivity index (χ0n) is 8.18. The Balaban J connectivity index is 0.000000165. The highest BCUT2D eigenvalue weighted by molar-refractivity contribution is 5.46. The molecule has 14 heavy (non-hydrogen) atoms. The van der Waals surface area contributed by atoms with Crippen LogP contribution in [0, 0.1) is 6.92 Å². The van der Waals surface area contributed by atoms with E-state index in [0.29, 0.717) is 0 Å². The first kappa shape index (κ1) is 10.3. The van der Waals surface area contributed by atoms with E-state index in [1.165, 1.54) is 17.4 Å². The number of benzene rings is 1. The summed E-state index contributed by atoms with van der Waals surface area (Å²) >= 11 is 0. The Morgan fingerprint density at radius 2 is 2.00 bits per heavy atom. The fourth-order valence-electron chi connectivity index (χ4n) is 0.878. The molecule has 2 rings (SSSR count). The monoisotopic (exact) mass is 187 g/mol. The van der Waals surface area contributed by atoms with Crippen molar-refractivity contribution in [3.8, 4) is 0 Å². The minimum absolute atomic E-state index is 1.18. The van der Waals surface area contributed by atoms with Crippen LogP contribution in [0.3, 0.4) is 0 Å². The molecular weight excluding hydrogens is 174 g/mol. The van der Waals surface area contributed by atoms with Crippen LogP contribution in [-0.4, -0.2) is 5.16 Å². The van der Waals surface area contributed by atoms with E-state index in [-0.39, 0.29) is 0 Å². The van der Waals surface area contributed by atoms with Crippen molar-refractivity contribution in [2.75, 3.05) is 0 Å². The van der Waals surface area contributed by atoms with Crippen LogP contribution in [0.2, 0.25) is 0 Å². The summed E-state index contributed by atoms with van der Waals surface area (Å²) < 4.78 is 4.33. The lowest BCUT2D eigenvalue weighted by atomic mass is 10.2. The van der Waals surface area contributed by atoms with Crippen molar-refractivity contribution in [3.63, 3.8) is 0 Å². The van der Waals surface area contributed by atoms with Gasteiger partial charge in [-0.3, -0.25) is 0 Å². The van der Waals surface area contributed by atoms with Crippen LogP contribution < -0.4 is 0 Å². The third kappa shape index (κ3) is 3.72. The first-order valence-corrected chi connectivity index (χ1v) is 4.36. The molecule has 0 fully saturated rings. The molecule has 0 spiro atoms. The molecule has 2 nitrogen and oxygen atoms in total. The van der Waals surface area contributed by atoms with Gasteiger partial charge in [-0.25, -0.2) is 0 Å². The third-order valence-corrected chi connectivity index (χ3v) is 1.66. The van der Waals surface area contributed by atoms with Crippen LogP contribution in [0.4, 0.5) is 0 Å². The minimum Gasteiger partial charge on any atom is -0.365 e. The molecule has 0 unspecified atom stereocenters. The average Bonchev–Trinajstić information content (AvgIpc) is 2.77. The highest BCUT2D eigenvalue weighted by Crippen LogP contribution is 2.02. The third-order valence-electron chi connectivity index (χ3n) is 1.66. The Kier molecular flexibility index (Phi) is 4.21. The second kappa shape index (κ2) is 5.75. The number of rotatable bonds is 1. The fraction of sp³-hybridized carbons (Fsp3) is 0.0833. The van der Waals surface area contributed by atoms with Crippen LogP contribution in [-0.2, 0) is 0 Å². The van der Waals surface area contributed by atoms with Gasteiger partial charge in [-0.1, -0.05) is 47.6 Å². The predicted molar refractivity (Wildman–Crippen MR) is 57.8 cm³/mol. The van der Waals surface area contributed by atoms with Gasteiger partial charge in [0, 0.05) is 0 Å². The number of hydrogen-bond acceptors (Lipinski definition) is 2. The van der Waals surface area contributed by atoms with Crippen molar-refractivity contribution in [2.24, 2.45) is 0 Å². The van der Waals surface area contributed by atoms with Gasteiger partial charge in [0.25, 0.3) is 0 Å². The molecule has 0 aliphatic heterocycles. The van der Waals surface area contributed by atoms with E-state index in [9.17, 15) is 0 Å². The highest BCUT2D eigenvalue weighted by Gasteiger charge is 1.82. The van der Waals surface area contributed by atoms with Gasteiger partial charge in [0.1, 0.15) is 6.26 Å². The van der Waals surface area contributed by atoms with E-state index in [2.05, 4.69) is 47.4 Å².